The smallest absolute Gasteiger partial charge is 0.145 e. The first-order valence-electron chi connectivity index (χ1n) is 5.10. The Hall–Kier alpha value is -2.85. The lowest BCUT2D eigenvalue weighted by atomic mass is 10.2. The molecule has 0 radical (unpaired) electrons. The van der Waals surface area contributed by atoms with Gasteiger partial charge in [0.15, 0.2) is 0 Å². The Bertz CT molecular complexity index is 668. The first-order valence-corrected chi connectivity index (χ1v) is 5.10. The zero-order valence-electron chi connectivity index (χ0n) is 9.22. The fourth-order valence-electron chi connectivity index (χ4n) is 1.43. The minimum atomic E-state index is -0.496. The highest BCUT2D eigenvalue weighted by Gasteiger charge is 2.06. The van der Waals surface area contributed by atoms with Crippen molar-refractivity contribution in [1.82, 2.24) is 0 Å². The molecule has 0 aromatic heterocycles. The molecule has 18 heavy (non-hydrogen) atoms. The summed E-state index contributed by atoms with van der Waals surface area (Å²) in [6.45, 7) is 0. The van der Waals surface area contributed by atoms with Crippen LogP contribution in [0.5, 0.6) is 11.5 Å². The van der Waals surface area contributed by atoms with Gasteiger partial charge in [0.25, 0.3) is 0 Å². The summed E-state index contributed by atoms with van der Waals surface area (Å²) in [5.41, 5.74) is 0.561. The molecule has 0 spiro atoms. The topological polar surface area (TPSA) is 56.8 Å². The van der Waals surface area contributed by atoms with E-state index in [0.717, 1.165) is 6.07 Å². The van der Waals surface area contributed by atoms with Crippen LogP contribution in [0.1, 0.15) is 11.1 Å². The maximum atomic E-state index is 12.9. The number of benzene rings is 2. The minimum Gasteiger partial charge on any atom is -0.456 e. The summed E-state index contributed by atoms with van der Waals surface area (Å²) >= 11 is 0. The van der Waals surface area contributed by atoms with Crippen molar-refractivity contribution in [2.45, 2.75) is 0 Å². The first kappa shape index (κ1) is 11.6. The highest BCUT2D eigenvalue weighted by Crippen LogP contribution is 2.26. The van der Waals surface area contributed by atoms with Gasteiger partial charge >= 0.3 is 0 Å². The molecule has 0 atom stereocenters. The Morgan fingerprint density at radius 1 is 1.00 bits per heavy atom. The summed E-state index contributed by atoms with van der Waals surface area (Å²) in [6.07, 6.45) is 0. The largest absolute Gasteiger partial charge is 0.456 e. The van der Waals surface area contributed by atoms with Crippen molar-refractivity contribution >= 4 is 0 Å². The van der Waals surface area contributed by atoms with Crippen LogP contribution in [0.2, 0.25) is 0 Å². The second kappa shape index (κ2) is 4.99. The monoisotopic (exact) mass is 238 g/mol. The van der Waals surface area contributed by atoms with Crippen LogP contribution in [0.3, 0.4) is 0 Å². The van der Waals surface area contributed by atoms with Gasteiger partial charge in [0.2, 0.25) is 0 Å². The molecule has 0 saturated heterocycles. The van der Waals surface area contributed by atoms with Crippen LogP contribution >= 0.6 is 0 Å². The summed E-state index contributed by atoms with van der Waals surface area (Å²) < 4.78 is 18.4. The zero-order valence-corrected chi connectivity index (χ0v) is 9.22. The fraction of sp³-hybridized carbons (Fsp3) is 0. The zero-order chi connectivity index (χ0) is 13.0. The van der Waals surface area contributed by atoms with E-state index >= 15 is 0 Å². The molecule has 2 rings (SSSR count). The van der Waals surface area contributed by atoms with Crippen LogP contribution in [-0.4, -0.2) is 0 Å². The highest BCUT2D eigenvalue weighted by molar-refractivity contribution is 5.46. The lowest BCUT2D eigenvalue weighted by Gasteiger charge is -2.07. The van der Waals surface area contributed by atoms with Gasteiger partial charge in [0, 0.05) is 0 Å². The summed E-state index contributed by atoms with van der Waals surface area (Å²) in [6, 6.07) is 14.1. The van der Waals surface area contributed by atoms with Crippen LogP contribution < -0.4 is 4.74 Å². The van der Waals surface area contributed by atoms with E-state index in [1.165, 1.54) is 12.1 Å². The number of hydrogen-bond acceptors (Lipinski definition) is 3. The van der Waals surface area contributed by atoms with Gasteiger partial charge < -0.3 is 4.74 Å². The second-order valence-corrected chi connectivity index (χ2v) is 3.49. The first-order chi connectivity index (χ1) is 8.72. The molecule has 86 valence electrons. The van der Waals surface area contributed by atoms with Crippen molar-refractivity contribution in [2.75, 3.05) is 0 Å². The minimum absolute atomic E-state index is 0.109. The van der Waals surface area contributed by atoms with Gasteiger partial charge in [0.05, 0.1) is 17.2 Å². The number of halogens is 1. The summed E-state index contributed by atoms with van der Waals surface area (Å²) in [4.78, 5) is 0. The van der Waals surface area contributed by atoms with Gasteiger partial charge in [-0.1, -0.05) is 6.07 Å². The average molecular weight is 238 g/mol. The molecule has 0 amide bonds. The molecule has 0 N–H and O–H groups in total. The molecule has 0 fully saturated rings. The molecule has 2 aromatic carbocycles. The van der Waals surface area contributed by atoms with E-state index in [2.05, 4.69) is 0 Å². The normalized spacial score (nSPS) is 9.28. The van der Waals surface area contributed by atoms with Crippen LogP contribution in [0.4, 0.5) is 4.39 Å². The lowest BCUT2D eigenvalue weighted by molar-refractivity contribution is 0.478. The molecule has 0 aliphatic heterocycles. The SMILES string of the molecule is N#Cc1cccc(Oc2ccc(F)cc2C#N)c1. The van der Waals surface area contributed by atoms with Crippen molar-refractivity contribution < 1.29 is 9.13 Å². The van der Waals surface area contributed by atoms with Crippen LogP contribution in [0, 0.1) is 28.5 Å². The third-order valence-corrected chi connectivity index (χ3v) is 2.25. The van der Waals surface area contributed by atoms with E-state index in [1.807, 2.05) is 12.1 Å². The standard InChI is InChI=1S/C14H7FN2O/c15-12-4-5-14(11(7-12)9-17)18-13-3-1-2-10(6-13)8-16/h1-7H. The van der Waals surface area contributed by atoms with E-state index in [0.29, 0.717) is 11.3 Å². The Labute approximate surface area is 103 Å². The Morgan fingerprint density at radius 3 is 2.56 bits per heavy atom. The van der Waals surface area contributed by atoms with Gasteiger partial charge in [-0.05, 0) is 36.4 Å². The molecular weight excluding hydrogens is 231 g/mol. The Balaban J connectivity index is 2.35. The molecule has 0 unspecified atom stereocenters. The Morgan fingerprint density at radius 2 is 1.83 bits per heavy atom. The summed E-state index contributed by atoms with van der Waals surface area (Å²) in [7, 11) is 0. The molecule has 0 heterocycles. The van der Waals surface area contributed by atoms with Crippen LogP contribution in [0.25, 0.3) is 0 Å². The number of nitrogens with zero attached hydrogens (tertiary/aromatic N) is 2. The van der Waals surface area contributed by atoms with E-state index in [9.17, 15) is 4.39 Å². The van der Waals surface area contributed by atoms with Crippen LogP contribution in [-0.2, 0) is 0 Å². The summed E-state index contributed by atoms with van der Waals surface area (Å²) in [5, 5.41) is 17.6. The third kappa shape index (κ3) is 2.45. The molecule has 4 heteroatoms. The number of ether oxygens (including phenoxy) is 1. The van der Waals surface area contributed by atoms with Gasteiger partial charge in [-0.25, -0.2) is 4.39 Å². The molecule has 0 saturated carbocycles. The molecule has 0 bridgehead atoms. The predicted octanol–water partition coefficient (Wildman–Crippen LogP) is 3.36. The maximum Gasteiger partial charge on any atom is 0.145 e. The quantitative estimate of drug-likeness (QED) is 0.805. The third-order valence-electron chi connectivity index (χ3n) is 2.25. The van der Waals surface area contributed by atoms with Gasteiger partial charge in [-0.15, -0.1) is 0 Å². The summed E-state index contributed by atoms with van der Waals surface area (Å²) in [5.74, 6) is 0.191. The number of rotatable bonds is 2. The van der Waals surface area contributed by atoms with Gasteiger partial charge in [-0.2, -0.15) is 10.5 Å². The number of hydrogen-bond donors (Lipinski definition) is 0. The Kier molecular flexibility index (Phi) is 3.22. The molecule has 3 nitrogen and oxygen atoms in total. The average Bonchev–Trinajstić information content (AvgIpc) is 2.41. The molecule has 0 aliphatic rings. The fourth-order valence-corrected chi connectivity index (χ4v) is 1.43. The van der Waals surface area contributed by atoms with Crippen molar-refractivity contribution in [2.24, 2.45) is 0 Å². The van der Waals surface area contributed by atoms with E-state index < -0.39 is 5.82 Å². The van der Waals surface area contributed by atoms with Crippen LogP contribution in [0.15, 0.2) is 42.5 Å². The van der Waals surface area contributed by atoms with E-state index in [-0.39, 0.29) is 11.3 Å². The van der Waals surface area contributed by atoms with Gasteiger partial charge in [0.1, 0.15) is 23.4 Å². The van der Waals surface area contributed by atoms with Crippen molar-refractivity contribution in [3.63, 3.8) is 0 Å². The predicted molar refractivity (Wildman–Crippen MR) is 62.3 cm³/mol. The maximum absolute atomic E-state index is 12.9. The molecule has 2 aromatic rings. The lowest BCUT2D eigenvalue weighted by Crippen LogP contribution is -1.90. The molecular formula is C14H7FN2O. The second-order valence-electron chi connectivity index (χ2n) is 3.49. The van der Waals surface area contributed by atoms with Crippen molar-refractivity contribution in [1.29, 1.82) is 10.5 Å². The van der Waals surface area contributed by atoms with Gasteiger partial charge in [-0.3, -0.25) is 0 Å². The molecule has 0 aliphatic carbocycles. The van der Waals surface area contributed by atoms with E-state index in [1.54, 1.807) is 24.3 Å². The van der Waals surface area contributed by atoms with Crippen molar-refractivity contribution in [3.8, 4) is 23.6 Å². The highest BCUT2D eigenvalue weighted by atomic mass is 19.1. The van der Waals surface area contributed by atoms with Crippen molar-refractivity contribution in [3.05, 3.63) is 59.4 Å². The van der Waals surface area contributed by atoms with E-state index in [4.69, 9.17) is 15.3 Å². The number of nitriles is 2.